The van der Waals surface area contributed by atoms with E-state index in [0.717, 1.165) is 0 Å². The Morgan fingerprint density at radius 3 is 2.76 bits per heavy atom. The molecule has 0 spiro atoms. The van der Waals surface area contributed by atoms with E-state index in [4.69, 9.17) is 10.5 Å². The van der Waals surface area contributed by atoms with Crippen LogP contribution in [0.4, 0.5) is 15.8 Å². The summed E-state index contributed by atoms with van der Waals surface area (Å²) in [5, 5.41) is 3.12. The zero-order valence-electron chi connectivity index (χ0n) is 10.5. The van der Waals surface area contributed by atoms with Crippen molar-refractivity contribution in [1.82, 2.24) is 0 Å². The maximum Gasteiger partial charge on any atom is 0.167 e. The Kier molecular flexibility index (Phi) is 4.82. The van der Waals surface area contributed by atoms with E-state index in [1.807, 2.05) is 26.8 Å². The molecule has 0 heterocycles. The summed E-state index contributed by atoms with van der Waals surface area (Å²) in [6, 6.07) is 2.86. The predicted molar refractivity (Wildman–Crippen MR) is 69.9 cm³/mol. The fourth-order valence-electron chi connectivity index (χ4n) is 1.35. The van der Waals surface area contributed by atoms with E-state index in [1.165, 1.54) is 11.6 Å². The number of ether oxygens (including phenoxy) is 1. The SMILES string of the molecule is CCOc1cc(NCC=C(C)C)c(N)cc1F. The van der Waals surface area contributed by atoms with Crippen LogP contribution in [0.5, 0.6) is 5.75 Å². The summed E-state index contributed by atoms with van der Waals surface area (Å²) in [4.78, 5) is 0. The fourth-order valence-corrected chi connectivity index (χ4v) is 1.35. The van der Waals surface area contributed by atoms with Crippen LogP contribution in [-0.4, -0.2) is 13.2 Å². The van der Waals surface area contributed by atoms with Gasteiger partial charge in [-0.05, 0) is 20.8 Å². The van der Waals surface area contributed by atoms with Crippen LogP contribution >= 0.6 is 0 Å². The molecule has 0 aromatic heterocycles. The Hall–Kier alpha value is -1.71. The number of nitrogen functional groups attached to an aromatic ring is 1. The summed E-state index contributed by atoms with van der Waals surface area (Å²) in [5.41, 5.74) is 8.01. The van der Waals surface area contributed by atoms with Crippen molar-refractivity contribution in [2.24, 2.45) is 0 Å². The highest BCUT2D eigenvalue weighted by atomic mass is 19.1. The van der Waals surface area contributed by atoms with Gasteiger partial charge in [0.2, 0.25) is 0 Å². The first-order valence-electron chi connectivity index (χ1n) is 5.63. The highest BCUT2D eigenvalue weighted by molar-refractivity contribution is 5.68. The molecule has 3 nitrogen and oxygen atoms in total. The van der Waals surface area contributed by atoms with Gasteiger partial charge in [-0.1, -0.05) is 11.6 Å². The second-order valence-corrected chi connectivity index (χ2v) is 3.97. The normalized spacial score (nSPS) is 9.88. The van der Waals surface area contributed by atoms with Gasteiger partial charge in [-0.2, -0.15) is 0 Å². The number of nitrogens with two attached hydrogens (primary N) is 1. The number of allylic oxidation sites excluding steroid dienone is 1. The maximum atomic E-state index is 13.4. The number of anilines is 2. The molecule has 0 atom stereocenters. The predicted octanol–water partition coefficient (Wildman–Crippen LogP) is 3.18. The first-order chi connectivity index (χ1) is 8.04. The first kappa shape index (κ1) is 13.4. The van der Waals surface area contributed by atoms with Crippen molar-refractivity contribution in [3.05, 3.63) is 29.6 Å². The minimum absolute atomic E-state index is 0.224. The molecule has 0 aliphatic rings. The highest BCUT2D eigenvalue weighted by Gasteiger charge is 2.08. The Labute approximate surface area is 101 Å². The molecule has 0 unspecified atom stereocenters. The third kappa shape index (κ3) is 3.98. The molecule has 1 aromatic carbocycles. The third-order valence-electron chi connectivity index (χ3n) is 2.21. The zero-order chi connectivity index (χ0) is 12.8. The van der Waals surface area contributed by atoms with Crippen LogP contribution in [0.1, 0.15) is 20.8 Å². The lowest BCUT2D eigenvalue weighted by Gasteiger charge is -2.11. The molecule has 1 rings (SSSR count). The number of hydrogen-bond acceptors (Lipinski definition) is 3. The van der Waals surface area contributed by atoms with Gasteiger partial charge in [0.1, 0.15) is 0 Å². The van der Waals surface area contributed by atoms with Crippen LogP contribution in [0.15, 0.2) is 23.8 Å². The minimum atomic E-state index is -0.433. The molecule has 17 heavy (non-hydrogen) atoms. The van der Waals surface area contributed by atoms with E-state index >= 15 is 0 Å². The fraction of sp³-hybridized carbons (Fsp3) is 0.385. The van der Waals surface area contributed by atoms with Gasteiger partial charge in [0.05, 0.1) is 18.0 Å². The molecule has 0 saturated heterocycles. The first-order valence-corrected chi connectivity index (χ1v) is 5.63. The summed E-state index contributed by atoms with van der Waals surface area (Å²) in [6.45, 7) is 6.92. The van der Waals surface area contributed by atoms with Crippen molar-refractivity contribution in [3.8, 4) is 5.75 Å². The van der Waals surface area contributed by atoms with Gasteiger partial charge < -0.3 is 15.8 Å². The molecule has 4 heteroatoms. The van der Waals surface area contributed by atoms with Gasteiger partial charge in [-0.25, -0.2) is 4.39 Å². The molecule has 0 radical (unpaired) electrons. The molecule has 0 bridgehead atoms. The monoisotopic (exact) mass is 238 g/mol. The standard InChI is InChI=1S/C13H19FN2O/c1-4-17-13-8-12(11(15)7-10(13)14)16-6-5-9(2)3/h5,7-8,16H,4,6,15H2,1-3H3. The number of benzene rings is 1. The zero-order valence-corrected chi connectivity index (χ0v) is 10.5. The topological polar surface area (TPSA) is 47.3 Å². The molecule has 94 valence electrons. The highest BCUT2D eigenvalue weighted by Crippen LogP contribution is 2.28. The van der Waals surface area contributed by atoms with Gasteiger partial charge in [-0.3, -0.25) is 0 Å². The van der Waals surface area contributed by atoms with E-state index in [-0.39, 0.29) is 5.75 Å². The summed E-state index contributed by atoms with van der Waals surface area (Å²) in [5.74, 6) is -0.210. The smallest absolute Gasteiger partial charge is 0.167 e. The van der Waals surface area contributed by atoms with Gasteiger partial charge >= 0.3 is 0 Å². The number of nitrogens with one attached hydrogen (secondary N) is 1. The van der Waals surface area contributed by atoms with Crippen LogP contribution in [0, 0.1) is 5.82 Å². The molecule has 0 aliphatic carbocycles. The van der Waals surface area contributed by atoms with Crippen molar-refractivity contribution in [2.45, 2.75) is 20.8 Å². The van der Waals surface area contributed by atoms with E-state index in [0.29, 0.717) is 24.5 Å². The summed E-state index contributed by atoms with van der Waals surface area (Å²) < 4.78 is 18.6. The van der Waals surface area contributed by atoms with Crippen LogP contribution < -0.4 is 15.8 Å². The average molecular weight is 238 g/mol. The number of hydrogen-bond donors (Lipinski definition) is 2. The molecule has 0 aliphatic heterocycles. The molecule has 1 aromatic rings. The number of halogens is 1. The van der Waals surface area contributed by atoms with Gasteiger partial charge in [0, 0.05) is 18.7 Å². The minimum Gasteiger partial charge on any atom is -0.491 e. The molecule has 0 amide bonds. The van der Waals surface area contributed by atoms with E-state index in [1.54, 1.807) is 6.07 Å². The summed E-state index contributed by atoms with van der Waals surface area (Å²) >= 11 is 0. The third-order valence-corrected chi connectivity index (χ3v) is 2.21. The molecular weight excluding hydrogens is 219 g/mol. The molecule has 3 N–H and O–H groups in total. The Bertz CT molecular complexity index is 412. The van der Waals surface area contributed by atoms with Crippen LogP contribution in [-0.2, 0) is 0 Å². The van der Waals surface area contributed by atoms with E-state index < -0.39 is 5.82 Å². The van der Waals surface area contributed by atoms with Gasteiger partial charge in [-0.15, -0.1) is 0 Å². The van der Waals surface area contributed by atoms with Crippen molar-refractivity contribution in [3.63, 3.8) is 0 Å². The van der Waals surface area contributed by atoms with E-state index in [9.17, 15) is 4.39 Å². The summed E-state index contributed by atoms with van der Waals surface area (Å²) in [6.07, 6.45) is 2.03. The lowest BCUT2D eigenvalue weighted by Crippen LogP contribution is -2.04. The van der Waals surface area contributed by atoms with Crippen molar-refractivity contribution < 1.29 is 9.13 Å². The molecular formula is C13H19FN2O. The van der Waals surface area contributed by atoms with Crippen molar-refractivity contribution in [1.29, 1.82) is 0 Å². The average Bonchev–Trinajstić information content (AvgIpc) is 2.24. The molecule has 0 fully saturated rings. The Balaban J connectivity index is 2.84. The number of rotatable bonds is 5. The van der Waals surface area contributed by atoms with Crippen LogP contribution in [0.2, 0.25) is 0 Å². The van der Waals surface area contributed by atoms with Crippen molar-refractivity contribution in [2.75, 3.05) is 24.2 Å². The van der Waals surface area contributed by atoms with Crippen molar-refractivity contribution >= 4 is 11.4 Å². The lowest BCUT2D eigenvalue weighted by molar-refractivity contribution is 0.322. The second kappa shape index (κ2) is 6.13. The van der Waals surface area contributed by atoms with Gasteiger partial charge in [0.15, 0.2) is 11.6 Å². The second-order valence-electron chi connectivity index (χ2n) is 3.97. The Morgan fingerprint density at radius 2 is 2.18 bits per heavy atom. The maximum absolute atomic E-state index is 13.4. The van der Waals surface area contributed by atoms with Crippen LogP contribution in [0.3, 0.4) is 0 Å². The summed E-state index contributed by atoms with van der Waals surface area (Å²) in [7, 11) is 0. The lowest BCUT2D eigenvalue weighted by atomic mass is 10.2. The Morgan fingerprint density at radius 1 is 1.47 bits per heavy atom. The quantitative estimate of drug-likeness (QED) is 0.611. The van der Waals surface area contributed by atoms with E-state index in [2.05, 4.69) is 5.32 Å². The largest absolute Gasteiger partial charge is 0.491 e. The molecule has 0 saturated carbocycles. The van der Waals surface area contributed by atoms with Crippen LogP contribution in [0.25, 0.3) is 0 Å². The van der Waals surface area contributed by atoms with Gasteiger partial charge in [0.25, 0.3) is 0 Å².